The van der Waals surface area contributed by atoms with E-state index in [-0.39, 0.29) is 19.0 Å². The third-order valence-corrected chi connectivity index (χ3v) is 2.99. The summed E-state index contributed by atoms with van der Waals surface area (Å²) in [5.41, 5.74) is 1.13. The van der Waals surface area contributed by atoms with Crippen LogP contribution in [-0.2, 0) is 4.74 Å². The number of esters is 1. The van der Waals surface area contributed by atoms with E-state index in [2.05, 4.69) is 15.0 Å². The number of hydrogen-bond acceptors (Lipinski definition) is 7. The van der Waals surface area contributed by atoms with E-state index in [1.54, 1.807) is 24.3 Å². The molecule has 0 radical (unpaired) electrons. The number of aliphatic hydroxyl groups is 2. The van der Waals surface area contributed by atoms with Gasteiger partial charge in [0.15, 0.2) is 0 Å². The fourth-order valence-electron chi connectivity index (χ4n) is 1.77. The third-order valence-electron chi connectivity index (χ3n) is 2.99. The van der Waals surface area contributed by atoms with Crippen molar-refractivity contribution in [3.8, 4) is 11.6 Å². The lowest BCUT2D eigenvalue weighted by atomic mass is 10.2. The van der Waals surface area contributed by atoms with Gasteiger partial charge >= 0.3 is 5.97 Å². The molecule has 1 aromatic heterocycles. The number of ether oxygens (including phenoxy) is 2. The standard InChI is InChI=1S/C16H18N2O5/c1-22-16(21)11-6-7-17-15(8-11)23-14-4-2-12(3-5-14)18-9-13(20)10-19/h2-8,13,18-20H,9-10H2,1H3. The zero-order chi connectivity index (χ0) is 16.7. The Balaban J connectivity index is 1.99. The zero-order valence-electron chi connectivity index (χ0n) is 12.6. The molecule has 0 saturated carbocycles. The number of anilines is 1. The predicted octanol–water partition coefficient (Wildman–Crippen LogP) is 1.43. The topological polar surface area (TPSA) is 101 Å². The average molecular weight is 318 g/mol. The van der Waals surface area contributed by atoms with Gasteiger partial charge in [-0.1, -0.05) is 0 Å². The van der Waals surface area contributed by atoms with Crippen LogP contribution in [0, 0.1) is 0 Å². The maximum absolute atomic E-state index is 11.5. The summed E-state index contributed by atoms with van der Waals surface area (Å²) in [4.78, 5) is 15.5. The molecule has 0 fully saturated rings. The number of rotatable bonds is 7. The molecule has 7 heteroatoms. The van der Waals surface area contributed by atoms with Crippen molar-refractivity contribution in [1.29, 1.82) is 0 Å². The van der Waals surface area contributed by atoms with Gasteiger partial charge in [0.05, 0.1) is 25.4 Å². The second kappa shape index (κ2) is 8.11. The molecule has 1 aromatic carbocycles. The van der Waals surface area contributed by atoms with Crippen molar-refractivity contribution in [3.63, 3.8) is 0 Å². The Hall–Kier alpha value is -2.64. The number of carbonyl (C=O) groups is 1. The SMILES string of the molecule is COC(=O)c1ccnc(Oc2ccc(NCC(O)CO)cc2)c1. The highest BCUT2D eigenvalue weighted by Gasteiger charge is 2.08. The van der Waals surface area contributed by atoms with Gasteiger partial charge < -0.3 is 25.0 Å². The molecule has 0 aliphatic heterocycles. The van der Waals surface area contributed by atoms with Crippen LogP contribution in [0.2, 0.25) is 0 Å². The van der Waals surface area contributed by atoms with Crippen LogP contribution in [0.25, 0.3) is 0 Å². The van der Waals surface area contributed by atoms with Crippen molar-refractivity contribution < 1.29 is 24.5 Å². The van der Waals surface area contributed by atoms with Gasteiger partial charge in [0.1, 0.15) is 5.75 Å². The van der Waals surface area contributed by atoms with Crippen molar-refractivity contribution in [2.24, 2.45) is 0 Å². The first-order valence-corrected chi connectivity index (χ1v) is 6.97. The predicted molar refractivity (Wildman–Crippen MR) is 83.7 cm³/mol. The van der Waals surface area contributed by atoms with Crippen LogP contribution in [-0.4, -0.2) is 47.5 Å². The molecule has 0 amide bonds. The normalized spacial score (nSPS) is 11.6. The van der Waals surface area contributed by atoms with Crippen molar-refractivity contribution in [3.05, 3.63) is 48.2 Å². The number of benzene rings is 1. The molecule has 0 aliphatic carbocycles. The smallest absolute Gasteiger partial charge is 0.338 e. The number of nitrogens with one attached hydrogen (secondary N) is 1. The second-order valence-corrected chi connectivity index (χ2v) is 4.72. The maximum atomic E-state index is 11.5. The summed E-state index contributed by atoms with van der Waals surface area (Å²) in [5, 5.41) is 21.0. The summed E-state index contributed by atoms with van der Waals surface area (Å²) >= 11 is 0. The minimum absolute atomic E-state index is 0.249. The molecule has 1 atom stereocenters. The molecular weight excluding hydrogens is 300 g/mol. The Morgan fingerprint density at radius 3 is 2.70 bits per heavy atom. The fourth-order valence-corrected chi connectivity index (χ4v) is 1.77. The van der Waals surface area contributed by atoms with E-state index in [0.717, 1.165) is 5.69 Å². The highest BCUT2D eigenvalue weighted by Crippen LogP contribution is 2.22. The first kappa shape index (κ1) is 16.7. The molecule has 23 heavy (non-hydrogen) atoms. The molecule has 0 aliphatic rings. The zero-order valence-corrected chi connectivity index (χ0v) is 12.6. The Kier molecular flexibility index (Phi) is 5.90. The van der Waals surface area contributed by atoms with Crippen LogP contribution in [0.5, 0.6) is 11.6 Å². The first-order chi connectivity index (χ1) is 11.1. The molecule has 1 heterocycles. The lowest BCUT2D eigenvalue weighted by Crippen LogP contribution is -2.22. The van der Waals surface area contributed by atoms with Crippen LogP contribution in [0.1, 0.15) is 10.4 Å². The summed E-state index contributed by atoms with van der Waals surface area (Å²) in [6.45, 7) is -0.0458. The molecule has 2 rings (SSSR count). The highest BCUT2D eigenvalue weighted by atomic mass is 16.5. The van der Waals surface area contributed by atoms with Crippen molar-refractivity contribution in [2.45, 2.75) is 6.10 Å². The monoisotopic (exact) mass is 318 g/mol. The van der Waals surface area contributed by atoms with Gasteiger partial charge in [-0.25, -0.2) is 9.78 Å². The fraction of sp³-hybridized carbons (Fsp3) is 0.250. The number of aromatic nitrogens is 1. The van der Waals surface area contributed by atoms with E-state index in [9.17, 15) is 9.90 Å². The number of methoxy groups -OCH3 is 1. The highest BCUT2D eigenvalue weighted by molar-refractivity contribution is 5.89. The molecule has 1 unspecified atom stereocenters. The number of aliphatic hydroxyl groups excluding tert-OH is 2. The molecule has 3 N–H and O–H groups in total. The molecule has 2 aromatic rings. The quantitative estimate of drug-likeness (QED) is 0.664. The summed E-state index contributed by atoms with van der Waals surface area (Å²) < 4.78 is 10.2. The number of pyridine rings is 1. The Bertz CT molecular complexity index is 645. The summed E-state index contributed by atoms with van der Waals surface area (Å²) in [6.07, 6.45) is 0.657. The van der Waals surface area contributed by atoms with Gasteiger partial charge in [0.25, 0.3) is 0 Å². The van der Waals surface area contributed by atoms with Crippen LogP contribution < -0.4 is 10.1 Å². The van der Waals surface area contributed by atoms with Crippen LogP contribution >= 0.6 is 0 Å². The van der Waals surface area contributed by atoms with Crippen LogP contribution in [0.4, 0.5) is 5.69 Å². The minimum atomic E-state index is -0.809. The number of hydrogen-bond donors (Lipinski definition) is 3. The van der Waals surface area contributed by atoms with Crippen LogP contribution in [0.15, 0.2) is 42.6 Å². The third kappa shape index (κ3) is 4.94. The molecule has 0 saturated heterocycles. The first-order valence-electron chi connectivity index (χ1n) is 6.97. The van der Waals surface area contributed by atoms with E-state index >= 15 is 0 Å². The molecule has 0 spiro atoms. The Morgan fingerprint density at radius 1 is 1.30 bits per heavy atom. The number of carbonyl (C=O) groups excluding carboxylic acids is 1. The van der Waals surface area contributed by atoms with E-state index in [0.29, 0.717) is 11.3 Å². The second-order valence-electron chi connectivity index (χ2n) is 4.72. The van der Waals surface area contributed by atoms with Gasteiger partial charge in [0.2, 0.25) is 5.88 Å². The maximum Gasteiger partial charge on any atom is 0.338 e. The average Bonchev–Trinajstić information content (AvgIpc) is 2.60. The van der Waals surface area contributed by atoms with Crippen LogP contribution in [0.3, 0.4) is 0 Å². The number of nitrogens with zero attached hydrogens (tertiary/aromatic N) is 1. The van der Waals surface area contributed by atoms with E-state index < -0.39 is 12.1 Å². The van der Waals surface area contributed by atoms with Gasteiger partial charge in [0, 0.05) is 24.5 Å². The lowest BCUT2D eigenvalue weighted by Gasteiger charge is -2.11. The molecule has 122 valence electrons. The summed E-state index contributed by atoms with van der Waals surface area (Å²) in [7, 11) is 1.31. The van der Waals surface area contributed by atoms with Crippen molar-refractivity contribution >= 4 is 11.7 Å². The van der Waals surface area contributed by atoms with E-state index in [1.165, 1.54) is 25.4 Å². The Morgan fingerprint density at radius 2 is 2.04 bits per heavy atom. The van der Waals surface area contributed by atoms with Gasteiger partial charge in [-0.2, -0.15) is 0 Å². The van der Waals surface area contributed by atoms with Gasteiger partial charge in [-0.05, 0) is 30.3 Å². The van der Waals surface area contributed by atoms with Crippen molar-refractivity contribution in [2.75, 3.05) is 25.6 Å². The largest absolute Gasteiger partial charge is 0.465 e. The van der Waals surface area contributed by atoms with E-state index in [4.69, 9.17) is 9.84 Å². The molecule has 7 nitrogen and oxygen atoms in total. The Labute approximate surface area is 133 Å². The summed E-state index contributed by atoms with van der Waals surface area (Å²) in [6, 6.07) is 10.0. The molecular formula is C16H18N2O5. The minimum Gasteiger partial charge on any atom is -0.465 e. The van der Waals surface area contributed by atoms with Gasteiger partial charge in [-0.15, -0.1) is 0 Å². The van der Waals surface area contributed by atoms with Gasteiger partial charge in [-0.3, -0.25) is 0 Å². The lowest BCUT2D eigenvalue weighted by molar-refractivity contribution is 0.0600. The summed E-state index contributed by atoms with van der Waals surface area (Å²) in [5.74, 6) is 0.372. The molecule has 0 bridgehead atoms. The van der Waals surface area contributed by atoms with Crippen molar-refractivity contribution in [1.82, 2.24) is 4.98 Å². The van der Waals surface area contributed by atoms with E-state index in [1.807, 2.05) is 0 Å².